The van der Waals surface area contributed by atoms with Gasteiger partial charge in [0.15, 0.2) is 16.6 Å². The molecule has 0 amide bonds. The molecule has 0 aromatic rings. The average Bonchev–Trinajstić information content (AvgIpc) is 2.64. The third kappa shape index (κ3) is 11.1. The molecule has 0 saturated heterocycles. The smallest absolute Gasteiger partial charge is 0.455 e. The van der Waals surface area contributed by atoms with E-state index < -0.39 is 25.4 Å². The van der Waals surface area contributed by atoms with Gasteiger partial charge in [-0.05, 0) is 69.4 Å². The highest BCUT2D eigenvalue weighted by atomic mass is 28.4. The van der Waals surface area contributed by atoms with E-state index >= 15 is 0 Å². The molecule has 4 nitrogen and oxygen atoms in total. The zero-order chi connectivity index (χ0) is 22.6. The fourth-order valence-corrected chi connectivity index (χ4v) is 15.9. The molecule has 0 aromatic heterocycles. The van der Waals surface area contributed by atoms with Gasteiger partial charge in [0.25, 0.3) is 0 Å². The van der Waals surface area contributed by atoms with Crippen molar-refractivity contribution < 1.29 is 17.4 Å². The Labute approximate surface area is 186 Å². The molecule has 0 aliphatic carbocycles. The van der Waals surface area contributed by atoms with E-state index in [-0.39, 0.29) is 0 Å². The van der Waals surface area contributed by atoms with Crippen molar-refractivity contribution in [3.63, 3.8) is 0 Å². The van der Waals surface area contributed by atoms with Gasteiger partial charge in [0.05, 0.1) is 0 Å². The lowest BCUT2D eigenvalue weighted by Gasteiger charge is -2.37. The first-order valence-electron chi connectivity index (χ1n) is 11.8. The van der Waals surface area contributed by atoms with Crippen LogP contribution in [0.5, 0.6) is 0 Å². The van der Waals surface area contributed by atoms with E-state index in [9.17, 15) is 0 Å². The summed E-state index contributed by atoms with van der Waals surface area (Å²) in [4.78, 5) is 0. The lowest BCUT2D eigenvalue weighted by atomic mass is 9.74. The Balaban J connectivity index is 4.65. The van der Waals surface area contributed by atoms with E-state index in [0.29, 0.717) is 5.41 Å². The number of hydrogen-bond acceptors (Lipinski definition) is 4. The fraction of sp³-hybridized carbons (Fsp3) is 1.00. The molecular formula is C22H52O4Si3. The zero-order valence-electron chi connectivity index (χ0n) is 21.4. The summed E-state index contributed by atoms with van der Waals surface area (Å²) in [7, 11) is -0.704. The molecule has 29 heavy (non-hydrogen) atoms. The van der Waals surface area contributed by atoms with Crippen LogP contribution in [0.2, 0.25) is 44.3 Å². The van der Waals surface area contributed by atoms with Crippen molar-refractivity contribution in [2.75, 3.05) is 21.3 Å². The fourth-order valence-electron chi connectivity index (χ4n) is 4.99. The maximum absolute atomic E-state index is 6.88. The topological polar surface area (TPSA) is 36.9 Å². The Bertz CT molecular complexity index is 412. The van der Waals surface area contributed by atoms with Gasteiger partial charge in [0.1, 0.15) is 0 Å². The third-order valence-electron chi connectivity index (χ3n) is 6.54. The van der Waals surface area contributed by atoms with E-state index in [2.05, 4.69) is 47.0 Å². The van der Waals surface area contributed by atoms with Gasteiger partial charge in [-0.2, -0.15) is 0 Å². The Hall–Kier alpha value is 0.491. The highest BCUT2D eigenvalue weighted by molar-refractivity contribution is 6.84. The second kappa shape index (κ2) is 13.8. The molecular weight excluding hydrogens is 412 g/mol. The molecule has 0 saturated carbocycles. The SMILES string of the molecule is CCCC(CC)(CCC)CCC[Si](C)(C)O[Si](C)(C)CCC[Si](OC)(OC)OC. The summed E-state index contributed by atoms with van der Waals surface area (Å²) in [5.74, 6) is 0. The van der Waals surface area contributed by atoms with Crippen LogP contribution in [0.4, 0.5) is 0 Å². The van der Waals surface area contributed by atoms with Gasteiger partial charge < -0.3 is 17.4 Å². The lowest BCUT2D eigenvalue weighted by molar-refractivity contribution is 0.123. The first kappa shape index (κ1) is 29.5. The molecule has 0 fully saturated rings. The second-order valence-electron chi connectivity index (χ2n) is 9.98. The Morgan fingerprint density at radius 1 is 0.621 bits per heavy atom. The van der Waals surface area contributed by atoms with Crippen molar-refractivity contribution >= 4 is 25.4 Å². The lowest BCUT2D eigenvalue weighted by Crippen LogP contribution is -2.46. The molecule has 7 heteroatoms. The Kier molecular flexibility index (Phi) is 14.0. The van der Waals surface area contributed by atoms with Gasteiger partial charge in [-0.15, -0.1) is 0 Å². The molecule has 0 aliphatic heterocycles. The van der Waals surface area contributed by atoms with E-state index in [1.54, 1.807) is 21.3 Å². The summed E-state index contributed by atoms with van der Waals surface area (Å²) in [6.45, 7) is 16.7. The highest BCUT2D eigenvalue weighted by Crippen LogP contribution is 2.39. The summed E-state index contributed by atoms with van der Waals surface area (Å²) in [6, 6.07) is 3.29. The molecule has 0 atom stereocenters. The predicted molar refractivity (Wildman–Crippen MR) is 134 cm³/mol. The molecule has 0 aromatic carbocycles. The van der Waals surface area contributed by atoms with Crippen LogP contribution >= 0.6 is 0 Å². The monoisotopic (exact) mass is 464 g/mol. The van der Waals surface area contributed by atoms with Crippen molar-refractivity contribution in [3.05, 3.63) is 0 Å². The van der Waals surface area contributed by atoms with Gasteiger partial charge in [0.2, 0.25) is 0 Å². The summed E-state index contributed by atoms with van der Waals surface area (Å²) >= 11 is 0. The Morgan fingerprint density at radius 2 is 1.07 bits per heavy atom. The van der Waals surface area contributed by atoms with Crippen molar-refractivity contribution in [3.8, 4) is 0 Å². The highest BCUT2D eigenvalue weighted by Gasteiger charge is 2.39. The molecule has 176 valence electrons. The van der Waals surface area contributed by atoms with E-state index in [4.69, 9.17) is 17.4 Å². The van der Waals surface area contributed by atoms with Crippen LogP contribution in [0, 0.1) is 5.41 Å². The first-order valence-corrected chi connectivity index (χ1v) is 20.0. The van der Waals surface area contributed by atoms with E-state index in [0.717, 1.165) is 18.5 Å². The maximum Gasteiger partial charge on any atom is 0.500 e. The molecule has 0 N–H and O–H groups in total. The number of hydrogen-bond donors (Lipinski definition) is 0. The van der Waals surface area contributed by atoms with Gasteiger partial charge >= 0.3 is 8.80 Å². The molecule has 0 aliphatic rings. The Morgan fingerprint density at radius 3 is 1.45 bits per heavy atom. The quantitative estimate of drug-likeness (QED) is 0.197. The minimum absolute atomic E-state index is 0.565. The average molecular weight is 465 g/mol. The summed E-state index contributed by atoms with van der Waals surface area (Å²) < 4.78 is 23.6. The summed E-state index contributed by atoms with van der Waals surface area (Å²) in [5, 5.41) is 0. The van der Waals surface area contributed by atoms with Crippen LogP contribution in [-0.4, -0.2) is 46.8 Å². The normalized spacial score (nSPS) is 13.9. The van der Waals surface area contributed by atoms with E-state index in [1.807, 2.05) is 0 Å². The minimum atomic E-state index is -2.46. The van der Waals surface area contributed by atoms with Crippen LogP contribution in [0.15, 0.2) is 0 Å². The van der Waals surface area contributed by atoms with Gasteiger partial charge in [-0.1, -0.05) is 46.5 Å². The van der Waals surface area contributed by atoms with Gasteiger partial charge in [0, 0.05) is 27.4 Å². The van der Waals surface area contributed by atoms with Crippen molar-refractivity contribution in [1.82, 2.24) is 0 Å². The van der Waals surface area contributed by atoms with Gasteiger partial charge in [-0.25, -0.2) is 0 Å². The van der Waals surface area contributed by atoms with Gasteiger partial charge in [-0.3, -0.25) is 0 Å². The van der Waals surface area contributed by atoms with Crippen molar-refractivity contribution in [2.24, 2.45) is 5.41 Å². The van der Waals surface area contributed by atoms with Crippen LogP contribution in [0.1, 0.15) is 72.1 Å². The predicted octanol–water partition coefficient (Wildman–Crippen LogP) is 7.46. The van der Waals surface area contributed by atoms with Crippen molar-refractivity contribution in [2.45, 2.75) is 116 Å². The molecule has 0 spiro atoms. The standard InChI is InChI=1S/C22H52O4Si3/c1-11-16-22(13-3,17-12-2)18-14-19-27(7,8)26-28(9,10)20-15-21-29(23-4,24-5)25-6/h11-21H2,1-10H3. The molecule has 0 heterocycles. The zero-order valence-corrected chi connectivity index (χ0v) is 24.4. The van der Waals surface area contributed by atoms with Crippen LogP contribution in [-0.2, 0) is 17.4 Å². The molecule has 0 radical (unpaired) electrons. The number of rotatable bonds is 18. The maximum atomic E-state index is 6.88. The summed E-state index contributed by atoms with van der Waals surface area (Å²) in [5.41, 5.74) is 0.565. The summed E-state index contributed by atoms with van der Waals surface area (Å²) in [6.07, 6.45) is 10.4. The van der Waals surface area contributed by atoms with Crippen LogP contribution < -0.4 is 0 Å². The molecule has 0 rings (SSSR count). The molecule has 0 unspecified atom stereocenters. The van der Waals surface area contributed by atoms with Crippen LogP contribution in [0.3, 0.4) is 0 Å². The van der Waals surface area contributed by atoms with Crippen molar-refractivity contribution in [1.29, 1.82) is 0 Å². The minimum Gasteiger partial charge on any atom is -0.455 e. The third-order valence-corrected chi connectivity index (χ3v) is 16.9. The largest absolute Gasteiger partial charge is 0.500 e. The van der Waals surface area contributed by atoms with Crippen LogP contribution in [0.25, 0.3) is 0 Å². The first-order chi connectivity index (χ1) is 13.5. The molecule has 0 bridgehead atoms. The van der Waals surface area contributed by atoms with E-state index in [1.165, 1.54) is 51.0 Å². The second-order valence-corrected chi connectivity index (χ2v) is 21.9.